The van der Waals surface area contributed by atoms with E-state index in [-0.39, 0.29) is 22.4 Å². The van der Waals surface area contributed by atoms with Gasteiger partial charge in [0, 0.05) is 43.4 Å². The first kappa shape index (κ1) is 23.5. The van der Waals surface area contributed by atoms with Gasteiger partial charge < -0.3 is 15.0 Å². The zero-order valence-electron chi connectivity index (χ0n) is 18.1. The molecule has 0 aliphatic heterocycles. The molecular formula is C23H27N3O5S. The van der Waals surface area contributed by atoms with Crippen LogP contribution in [0.15, 0.2) is 64.4 Å². The monoisotopic (exact) mass is 457 g/mol. The number of hydrogen-bond acceptors (Lipinski definition) is 5. The number of anilines is 1. The Labute approximate surface area is 187 Å². The van der Waals surface area contributed by atoms with Crippen LogP contribution in [0.2, 0.25) is 0 Å². The first-order valence-corrected chi connectivity index (χ1v) is 11.9. The van der Waals surface area contributed by atoms with Gasteiger partial charge in [-0.15, -0.1) is 0 Å². The number of amides is 1. The van der Waals surface area contributed by atoms with Crippen LogP contribution in [-0.2, 0) is 14.8 Å². The van der Waals surface area contributed by atoms with Crippen LogP contribution in [0.25, 0.3) is 10.9 Å². The second-order valence-electron chi connectivity index (χ2n) is 7.05. The molecule has 2 N–H and O–H groups in total. The lowest BCUT2D eigenvalue weighted by molar-refractivity contribution is 0.0943. The topological polar surface area (TPSA) is 109 Å². The van der Waals surface area contributed by atoms with Crippen molar-refractivity contribution >= 4 is 32.5 Å². The van der Waals surface area contributed by atoms with Crippen LogP contribution < -0.4 is 15.1 Å². The highest BCUT2D eigenvalue weighted by atomic mass is 32.2. The van der Waals surface area contributed by atoms with Gasteiger partial charge in [0.15, 0.2) is 0 Å². The quantitative estimate of drug-likeness (QED) is 0.455. The van der Waals surface area contributed by atoms with Gasteiger partial charge in [-0.05, 0) is 50.6 Å². The van der Waals surface area contributed by atoms with Gasteiger partial charge in [0.2, 0.25) is 5.43 Å². The number of nitrogens with zero attached hydrogens (tertiary/aromatic N) is 1. The van der Waals surface area contributed by atoms with Crippen molar-refractivity contribution in [1.82, 2.24) is 10.3 Å². The van der Waals surface area contributed by atoms with E-state index >= 15 is 0 Å². The van der Waals surface area contributed by atoms with Crippen molar-refractivity contribution in [2.24, 2.45) is 0 Å². The van der Waals surface area contributed by atoms with Crippen LogP contribution >= 0.6 is 0 Å². The number of carbonyl (C=O) groups excluding carboxylic acids is 1. The van der Waals surface area contributed by atoms with E-state index in [2.05, 4.69) is 10.3 Å². The van der Waals surface area contributed by atoms with E-state index in [0.29, 0.717) is 37.4 Å². The normalized spacial score (nSPS) is 11.4. The van der Waals surface area contributed by atoms with Crippen LogP contribution in [-0.4, -0.2) is 45.6 Å². The number of pyridine rings is 1. The maximum absolute atomic E-state index is 13.3. The zero-order chi connectivity index (χ0) is 23.1. The molecule has 2 aromatic carbocycles. The maximum Gasteiger partial charge on any atom is 0.264 e. The molecule has 32 heavy (non-hydrogen) atoms. The first-order chi connectivity index (χ1) is 15.4. The summed E-state index contributed by atoms with van der Waals surface area (Å²) in [7, 11) is -3.90. The SMILES string of the molecule is CCOCCCNC(=O)c1c[nH]c2ccc(S(=O)(=O)N(CC)c3ccccc3)cc2c1=O. The Morgan fingerprint density at radius 1 is 1.12 bits per heavy atom. The Hall–Kier alpha value is -3.17. The Morgan fingerprint density at radius 2 is 1.88 bits per heavy atom. The molecule has 3 aromatic rings. The van der Waals surface area contributed by atoms with Gasteiger partial charge in [0.1, 0.15) is 5.56 Å². The molecule has 0 fully saturated rings. The lowest BCUT2D eigenvalue weighted by Gasteiger charge is -2.23. The Bertz CT molecular complexity index is 1240. The molecule has 1 aromatic heterocycles. The second kappa shape index (κ2) is 10.4. The summed E-state index contributed by atoms with van der Waals surface area (Å²) in [4.78, 5) is 28.3. The number of rotatable bonds is 10. The highest BCUT2D eigenvalue weighted by Gasteiger charge is 2.24. The summed E-state index contributed by atoms with van der Waals surface area (Å²) >= 11 is 0. The van der Waals surface area contributed by atoms with Crippen molar-refractivity contribution in [2.75, 3.05) is 30.6 Å². The fraction of sp³-hybridized carbons (Fsp3) is 0.304. The minimum absolute atomic E-state index is 0.0181. The van der Waals surface area contributed by atoms with E-state index in [1.807, 2.05) is 13.0 Å². The van der Waals surface area contributed by atoms with Gasteiger partial charge >= 0.3 is 0 Å². The average molecular weight is 458 g/mol. The van der Waals surface area contributed by atoms with Crippen molar-refractivity contribution in [3.63, 3.8) is 0 Å². The number of nitrogens with one attached hydrogen (secondary N) is 2. The molecule has 0 aliphatic rings. The Balaban J connectivity index is 1.93. The maximum atomic E-state index is 13.3. The summed E-state index contributed by atoms with van der Waals surface area (Å²) < 4.78 is 33.1. The molecule has 0 spiro atoms. The summed E-state index contributed by atoms with van der Waals surface area (Å²) in [6, 6.07) is 13.1. The molecule has 0 saturated heterocycles. The van der Waals surface area contributed by atoms with Crippen LogP contribution in [0.4, 0.5) is 5.69 Å². The highest BCUT2D eigenvalue weighted by Crippen LogP contribution is 2.24. The van der Waals surface area contributed by atoms with Crippen LogP contribution in [0, 0.1) is 0 Å². The molecule has 0 bridgehead atoms. The van der Waals surface area contributed by atoms with Gasteiger partial charge in [0.25, 0.3) is 15.9 Å². The summed E-state index contributed by atoms with van der Waals surface area (Å²) in [5, 5.41) is 2.83. The number of hydrogen-bond donors (Lipinski definition) is 2. The van der Waals surface area contributed by atoms with Crippen molar-refractivity contribution in [3.8, 4) is 0 Å². The van der Waals surface area contributed by atoms with E-state index in [1.54, 1.807) is 31.2 Å². The number of aromatic amines is 1. The Morgan fingerprint density at radius 3 is 2.56 bits per heavy atom. The number of carbonyl (C=O) groups is 1. The van der Waals surface area contributed by atoms with Crippen molar-refractivity contribution in [1.29, 1.82) is 0 Å². The summed E-state index contributed by atoms with van der Waals surface area (Å²) in [6.07, 6.45) is 1.97. The van der Waals surface area contributed by atoms with E-state index < -0.39 is 21.4 Å². The molecule has 3 rings (SSSR count). The number of benzene rings is 2. The number of H-pyrrole nitrogens is 1. The highest BCUT2D eigenvalue weighted by molar-refractivity contribution is 7.92. The molecule has 170 valence electrons. The summed E-state index contributed by atoms with van der Waals surface area (Å²) in [5.74, 6) is -0.516. The number of aromatic nitrogens is 1. The van der Waals surface area contributed by atoms with Crippen molar-refractivity contribution < 1.29 is 17.9 Å². The number of sulfonamides is 1. The lowest BCUT2D eigenvalue weighted by Crippen LogP contribution is -2.31. The smallest absolute Gasteiger partial charge is 0.264 e. The van der Waals surface area contributed by atoms with Crippen LogP contribution in [0.1, 0.15) is 30.6 Å². The molecule has 0 unspecified atom stereocenters. The van der Waals surface area contributed by atoms with Gasteiger partial charge in [-0.3, -0.25) is 13.9 Å². The third-order valence-corrected chi connectivity index (χ3v) is 6.87. The van der Waals surface area contributed by atoms with Gasteiger partial charge in [-0.2, -0.15) is 0 Å². The molecule has 1 amide bonds. The predicted octanol–water partition coefficient (Wildman–Crippen LogP) is 2.90. The van der Waals surface area contributed by atoms with Gasteiger partial charge in [0.05, 0.1) is 10.6 Å². The molecule has 9 heteroatoms. The summed E-state index contributed by atoms with van der Waals surface area (Å²) in [6.45, 7) is 5.34. The van der Waals surface area contributed by atoms with Crippen LogP contribution in [0.3, 0.4) is 0 Å². The third kappa shape index (κ3) is 5.00. The molecule has 0 aliphatic carbocycles. The minimum Gasteiger partial charge on any atom is -0.382 e. The van der Waals surface area contributed by atoms with Gasteiger partial charge in [-0.25, -0.2) is 8.42 Å². The van der Waals surface area contributed by atoms with E-state index in [4.69, 9.17) is 4.74 Å². The molecule has 0 atom stereocenters. The molecule has 8 nitrogen and oxygen atoms in total. The second-order valence-corrected chi connectivity index (χ2v) is 8.91. The van der Waals surface area contributed by atoms with Crippen molar-refractivity contribution in [3.05, 3.63) is 70.5 Å². The van der Waals surface area contributed by atoms with Crippen LogP contribution in [0.5, 0.6) is 0 Å². The van der Waals surface area contributed by atoms with E-state index in [0.717, 1.165) is 0 Å². The standard InChI is InChI=1S/C23H27N3O5S/c1-3-26(17-9-6-5-7-10-17)32(29,30)18-11-12-21-19(15-18)22(27)20(16-25-21)23(28)24-13-8-14-31-4-2/h5-7,9-12,15-16H,3-4,8,13-14H2,1-2H3,(H,24,28)(H,25,27). The first-order valence-electron chi connectivity index (χ1n) is 10.5. The lowest BCUT2D eigenvalue weighted by atomic mass is 10.1. The predicted molar refractivity (Wildman–Crippen MR) is 125 cm³/mol. The van der Waals surface area contributed by atoms with Crippen molar-refractivity contribution in [2.45, 2.75) is 25.2 Å². The molecule has 1 heterocycles. The largest absolute Gasteiger partial charge is 0.382 e. The summed E-state index contributed by atoms with van der Waals surface area (Å²) in [5.41, 5.74) is 0.383. The molecule has 0 radical (unpaired) electrons. The average Bonchev–Trinajstić information content (AvgIpc) is 2.80. The number of ether oxygens (including phenoxy) is 1. The third-order valence-electron chi connectivity index (χ3n) is 4.97. The molecule has 0 saturated carbocycles. The fourth-order valence-electron chi connectivity index (χ4n) is 3.36. The molecular weight excluding hydrogens is 430 g/mol. The van der Waals surface area contributed by atoms with E-state index in [9.17, 15) is 18.0 Å². The zero-order valence-corrected chi connectivity index (χ0v) is 18.9. The minimum atomic E-state index is -3.90. The number of fused-ring (bicyclic) bond motifs is 1. The van der Waals surface area contributed by atoms with E-state index in [1.165, 1.54) is 28.7 Å². The number of para-hydroxylation sites is 1. The fourth-order valence-corrected chi connectivity index (χ4v) is 4.86. The Kier molecular flexibility index (Phi) is 7.66. The van der Waals surface area contributed by atoms with Gasteiger partial charge in [-0.1, -0.05) is 18.2 Å².